The Morgan fingerprint density at radius 1 is 1.25 bits per heavy atom. The molecule has 0 bridgehead atoms. The summed E-state index contributed by atoms with van der Waals surface area (Å²) in [4.78, 5) is 0. The van der Waals surface area contributed by atoms with Gasteiger partial charge in [-0.1, -0.05) is 6.92 Å². The van der Waals surface area contributed by atoms with Crippen LogP contribution >= 0.6 is 0 Å². The normalized spacial score (nSPS) is 13.8. The average Bonchev–Trinajstić information content (AvgIpc) is 2.12. The third-order valence-corrected chi connectivity index (χ3v) is 2.11. The first kappa shape index (κ1) is 11.9. The van der Waals surface area contributed by atoms with E-state index < -0.39 is 0 Å². The highest BCUT2D eigenvalue weighted by Crippen LogP contribution is 2.18. The molecular weight excluding hydrogens is 156 g/mol. The lowest BCUT2D eigenvalue weighted by Gasteiger charge is -2.23. The summed E-state index contributed by atoms with van der Waals surface area (Å²) in [5, 5.41) is 8.66. The van der Waals surface area contributed by atoms with Gasteiger partial charge < -0.3 is 14.6 Å². The van der Waals surface area contributed by atoms with Crippen LogP contribution in [-0.4, -0.2) is 32.2 Å². The first-order chi connectivity index (χ1) is 5.79. The summed E-state index contributed by atoms with van der Waals surface area (Å²) in [6.45, 7) is 2.35. The quantitative estimate of drug-likeness (QED) is 0.596. The van der Waals surface area contributed by atoms with Crippen molar-refractivity contribution in [2.24, 2.45) is 5.92 Å². The van der Waals surface area contributed by atoms with Crippen LogP contribution in [0.2, 0.25) is 0 Å². The second kappa shape index (κ2) is 7.53. The molecule has 0 saturated heterocycles. The minimum atomic E-state index is -0.124. The molecule has 0 fully saturated rings. The van der Waals surface area contributed by atoms with Crippen LogP contribution < -0.4 is 0 Å². The predicted octanol–water partition coefficient (Wildman–Crippen LogP) is 1.40. The first-order valence-corrected chi connectivity index (χ1v) is 4.46. The summed E-state index contributed by atoms with van der Waals surface area (Å²) in [7, 11) is 3.30. The van der Waals surface area contributed by atoms with E-state index in [1.165, 1.54) is 0 Å². The lowest BCUT2D eigenvalue weighted by Crippen LogP contribution is -2.24. The number of methoxy groups -OCH3 is 2. The molecule has 0 radical (unpaired) electrons. The fourth-order valence-electron chi connectivity index (χ4n) is 1.37. The molecule has 0 saturated carbocycles. The van der Waals surface area contributed by atoms with Crippen LogP contribution in [0.4, 0.5) is 0 Å². The Bertz CT molecular complexity index is 91.8. The summed E-state index contributed by atoms with van der Waals surface area (Å²) in [6, 6.07) is 0. The molecule has 0 aromatic heterocycles. The molecule has 0 amide bonds. The third kappa shape index (κ3) is 4.04. The Hall–Kier alpha value is -0.120. The molecule has 12 heavy (non-hydrogen) atoms. The van der Waals surface area contributed by atoms with Crippen LogP contribution in [0.3, 0.4) is 0 Å². The molecule has 1 atom stereocenters. The highest BCUT2D eigenvalue weighted by molar-refractivity contribution is 4.60. The van der Waals surface area contributed by atoms with Gasteiger partial charge in [-0.2, -0.15) is 0 Å². The Balaban J connectivity index is 3.75. The van der Waals surface area contributed by atoms with E-state index in [2.05, 4.69) is 6.92 Å². The second-order valence-corrected chi connectivity index (χ2v) is 2.87. The van der Waals surface area contributed by atoms with Gasteiger partial charge in [0.25, 0.3) is 0 Å². The van der Waals surface area contributed by atoms with E-state index in [9.17, 15) is 0 Å². The molecular formula is C9H20O3. The minimum absolute atomic E-state index is 0.124. The largest absolute Gasteiger partial charge is 0.396 e. The number of ether oxygens (including phenoxy) is 2. The van der Waals surface area contributed by atoms with Gasteiger partial charge in [-0.3, -0.25) is 0 Å². The van der Waals surface area contributed by atoms with E-state index in [4.69, 9.17) is 14.6 Å². The van der Waals surface area contributed by atoms with Gasteiger partial charge in [0.05, 0.1) is 0 Å². The van der Waals surface area contributed by atoms with Crippen LogP contribution in [0.25, 0.3) is 0 Å². The van der Waals surface area contributed by atoms with Gasteiger partial charge in [0, 0.05) is 26.7 Å². The van der Waals surface area contributed by atoms with Crippen LogP contribution in [0.15, 0.2) is 0 Å². The average molecular weight is 176 g/mol. The van der Waals surface area contributed by atoms with Gasteiger partial charge in [-0.05, 0) is 19.3 Å². The van der Waals surface area contributed by atoms with Gasteiger partial charge in [-0.25, -0.2) is 0 Å². The summed E-state index contributed by atoms with van der Waals surface area (Å²) >= 11 is 0. The number of aliphatic hydroxyl groups excluding tert-OH is 1. The van der Waals surface area contributed by atoms with Gasteiger partial charge in [-0.15, -0.1) is 0 Å². The van der Waals surface area contributed by atoms with E-state index in [0.29, 0.717) is 5.92 Å². The molecule has 0 rings (SSSR count). The smallest absolute Gasteiger partial charge is 0.159 e. The van der Waals surface area contributed by atoms with Crippen molar-refractivity contribution >= 4 is 0 Å². The van der Waals surface area contributed by atoms with E-state index in [0.717, 1.165) is 19.3 Å². The Labute approximate surface area is 74.7 Å². The lowest BCUT2D eigenvalue weighted by atomic mass is 10.00. The molecule has 3 nitrogen and oxygen atoms in total. The topological polar surface area (TPSA) is 38.7 Å². The van der Waals surface area contributed by atoms with Crippen LogP contribution in [0.5, 0.6) is 0 Å². The Kier molecular flexibility index (Phi) is 7.45. The van der Waals surface area contributed by atoms with Crippen molar-refractivity contribution in [2.45, 2.75) is 32.5 Å². The molecule has 74 valence electrons. The SMILES string of the molecule is CCC(CCCO)C(OC)OC. The van der Waals surface area contributed by atoms with Crippen LogP contribution in [0.1, 0.15) is 26.2 Å². The van der Waals surface area contributed by atoms with Gasteiger partial charge in [0.2, 0.25) is 0 Å². The second-order valence-electron chi connectivity index (χ2n) is 2.87. The monoisotopic (exact) mass is 176 g/mol. The van der Waals surface area contributed by atoms with E-state index in [-0.39, 0.29) is 12.9 Å². The third-order valence-electron chi connectivity index (χ3n) is 2.11. The van der Waals surface area contributed by atoms with E-state index in [1.54, 1.807) is 14.2 Å². The summed E-state index contributed by atoms with van der Waals surface area (Å²) < 4.78 is 10.3. The summed E-state index contributed by atoms with van der Waals surface area (Å²) in [5.74, 6) is 0.396. The van der Waals surface area contributed by atoms with Crippen molar-refractivity contribution in [1.29, 1.82) is 0 Å². The maximum Gasteiger partial charge on any atom is 0.159 e. The molecule has 0 aliphatic rings. The number of rotatable bonds is 7. The molecule has 1 unspecified atom stereocenters. The first-order valence-electron chi connectivity index (χ1n) is 4.46. The molecule has 3 heteroatoms. The van der Waals surface area contributed by atoms with Crippen molar-refractivity contribution in [3.05, 3.63) is 0 Å². The highest BCUT2D eigenvalue weighted by atomic mass is 16.7. The standard InChI is InChI=1S/C9H20O3/c1-4-8(6-5-7-10)9(11-2)12-3/h8-10H,4-7H2,1-3H3. The van der Waals surface area contributed by atoms with E-state index >= 15 is 0 Å². The summed E-state index contributed by atoms with van der Waals surface area (Å²) in [5.41, 5.74) is 0. The molecule has 0 aromatic rings. The van der Waals surface area contributed by atoms with Crippen molar-refractivity contribution in [1.82, 2.24) is 0 Å². The van der Waals surface area contributed by atoms with Gasteiger partial charge in [0.15, 0.2) is 6.29 Å². The van der Waals surface area contributed by atoms with Crippen molar-refractivity contribution in [3.63, 3.8) is 0 Å². The molecule has 0 aliphatic heterocycles. The Morgan fingerprint density at radius 2 is 1.83 bits per heavy atom. The fourth-order valence-corrected chi connectivity index (χ4v) is 1.37. The maximum atomic E-state index is 8.66. The van der Waals surface area contributed by atoms with E-state index in [1.807, 2.05) is 0 Å². The maximum absolute atomic E-state index is 8.66. The molecule has 1 N–H and O–H groups in total. The number of aliphatic hydroxyl groups is 1. The van der Waals surface area contributed by atoms with Crippen LogP contribution in [0, 0.1) is 5.92 Å². The van der Waals surface area contributed by atoms with Crippen molar-refractivity contribution in [3.8, 4) is 0 Å². The zero-order valence-corrected chi connectivity index (χ0v) is 8.25. The lowest BCUT2D eigenvalue weighted by molar-refractivity contribution is -0.139. The van der Waals surface area contributed by atoms with Crippen LogP contribution in [-0.2, 0) is 9.47 Å². The number of hydrogen-bond acceptors (Lipinski definition) is 3. The molecule has 0 heterocycles. The van der Waals surface area contributed by atoms with Crippen molar-refractivity contribution in [2.75, 3.05) is 20.8 Å². The van der Waals surface area contributed by atoms with Gasteiger partial charge >= 0.3 is 0 Å². The van der Waals surface area contributed by atoms with Gasteiger partial charge in [0.1, 0.15) is 0 Å². The number of hydrogen-bond donors (Lipinski definition) is 1. The Morgan fingerprint density at radius 3 is 2.17 bits per heavy atom. The zero-order chi connectivity index (χ0) is 9.40. The summed E-state index contributed by atoms with van der Waals surface area (Å²) in [6.07, 6.45) is 2.68. The minimum Gasteiger partial charge on any atom is -0.396 e. The predicted molar refractivity (Wildman–Crippen MR) is 47.9 cm³/mol. The molecule has 0 aromatic carbocycles. The molecule has 0 aliphatic carbocycles. The molecule has 0 spiro atoms. The highest BCUT2D eigenvalue weighted by Gasteiger charge is 2.17. The van der Waals surface area contributed by atoms with Crippen molar-refractivity contribution < 1.29 is 14.6 Å². The fraction of sp³-hybridized carbons (Fsp3) is 1.00. The zero-order valence-electron chi connectivity index (χ0n) is 8.25.